The van der Waals surface area contributed by atoms with Crippen molar-refractivity contribution >= 4 is 12.0 Å². The highest BCUT2D eigenvalue weighted by Crippen LogP contribution is 2.25. The molecule has 6 heteroatoms. The Balaban J connectivity index is 1.78. The first-order valence-electron chi connectivity index (χ1n) is 9.43. The van der Waals surface area contributed by atoms with E-state index in [9.17, 15) is 9.59 Å². The second kappa shape index (κ2) is 9.57. The van der Waals surface area contributed by atoms with Crippen molar-refractivity contribution in [3.05, 3.63) is 35.9 Å². The molecule has 2 rings (SSSR count). The number of benzene rings is 1. The van der Waals surface area contributed by atoms with Gasteiger partial charge in [0.2, 0.25) is 5.91 Å². The van der Waals surface area contributed by atoms with Gasteiger partial charge in [-0.2, -0.15) is 0 Å². The first-order chi connectivity index (χ1) is 12.4. The zero-order valence-electron chi connectivity index (χ0n) is 16.0. The smallest absolute Gasteiger partial charge is 0.407 e. The van der Waals surface area contributed by atoms with Crippen LogP contribution < -0.4 is 11.1 Å². The molecule has 0 aliphatic heterocycles. The van der Waals surface area contributed by atoms with E-state index in [2.05, 4.69) is 5.32 Å². The minimum atomic E-state index is -0.485. The summed E-state index contributed by atoms with van der Waals surface area (Å²) >= 11 is 0. The molecule has 1 aromatic rings. The summed E-state index contributed by atoms with van der Waals surface area (Å²) in [7, 11) is 0. The summed E-state index contributed by atoms with van der Waals surface area (Å²) in [5.41, 5.74) is 6.76. The van der Waals surface area contributed by atoms with Crippen molar-refractivity contribution in [3.8, 4) is 0 Å². The van der Waals surface area contributed by atoms with Crippen molar-refractivity contribution in [1.29, 1.82) is 0 Å². The molecule has 6 nitrogen and oxygen atoms in total. The number of hydrogen-bond acceptors (Lipinski definition) is 4. The topological polar surface area (TPSA) is 84.7 Å². The molecule has 1 aliphatic carbocycles. The van der Waals surface area contributed by atoms with Crippen LogP contribution in [-0.2, 0) is 16.1 Å². The zero-order valence-corrected chi connectivity index (χ0v) is 16.0. The van der Waals surface area contributed by atoms with Crippen molar-refractivity contribution in [3.63, 3.8) is 0 Å². The number of nitrogens with zero attached hydrogens (tertiary/aromatic N) is 1. The van der Waals surface area contributed by atoms with Gasteiger partial charge in [-0.15, -0.1) is 0 Å². The molecule has 0 saturated heterocycles. The molecule has 1 unspecified atom stereocenters. The number of alkyl carbamates (subject to hydrolysis) is 1. The predicted octanol–water partition coefficient (Wildman–Crippen LogP) is 2.81. The molecule has 26 heavy (non-hydrogen) atoms. The van der Waals surface area contributed by atoms with Crippen LogP contribution in [0, 0.1) is 0 Å². The maximum absolute atomic E-state index is 12.4. The lowest BCUT2D eigenvalue weighted by atomic mass is 9.89. The Morgan fingerprint density at radius 2 is 1.77 bits per heavy atom. The van der Waals surface area contributed by atoms with Crippen molar-refractivity contribution in [1.82, 2.24) is 10.2 Å². The van der Waals surface area contributed by atoms with Crippen LogP contribution in [0.5, 0.6) is 0 Å². The van der Waals surface area contributed by atoms with Gasteiger partial charge in [0.25, 0.3) is 0 Å². The molecular weight excluding hydrogens is 330 g/mol. The Hall–Kier alpha value is -2.08. The Morgan fingerprint density at radius 1 is 1.15 bits per heavy atom. The van der Waals surface area contributed by atoms with Gasteiger partial charge in [-0.3, -0.25) is 4.79 Å². The van der Waals surface area contributed by atoms with Gasteiger partial charge in [0.05, 0.1) is 6.04 Å². The van der Waals surface area contributed by atoms with Crippen molar-refractivity contribution in [2.75, 3.05) is 0 Å². The number of carbonyl (C=O) groups excluding carboxylic acids is 2. The number of hydrogen-bond donors (Lipinski definition) is 2. The molecule has 0 bridgehead atoms. The van der Waals surface area contributed by atoms with E-state index in [4.69, 9.17) is 10.5 Å². The van der Waals surface area contributed by atoms with Crippen molar-refractivity contribution in [2.45, 2.75) is 77.2 Å². The van der Waals surface area contributed by atoms with Crippen LogP contribution in [0.3, 0.4) is 0 Å². The van der Waals surface area contributed by atoms with E-state index in [0.29, 0.717) is 0 Å². The number of nitrogens with one attached hydrogen (secondary N) is 1. The lowest BCUT2D eigenvalue weighted by Gasteiger charge is -2.40. The first kappa shape index (κ1) is 20.2. The Labute approximate surface area is 156 Å². The summed E-state index contributed by atoms with van der Waals surface area (Å²) in [4.78, 5) is 26.3. The molecule has 3 N–H and O–H groups in total. The van der Waals surface area contributed by atoms with Gasteiger partial charge < -0.3 is 20.7 Å². The summed E-state index contributed by atoms with van der Waals surface area (Å²) in [6, 6.07) is 9.53. The molecule has 0 spiro atoms. The van der Waals surface area contributed by atoms with Crippen LogP contribution in [0.15, 0.2) is 30.3 Å². The molecule has 2 amide bonds. The van der Waals surface area contributed by atoms with E-state index in [1.807, 2.05) is 49.1 Å². The normalized spacial score (nSPS) is 21.1. The van der Waals surface area contributed by atoms with Gasteiger partial charge in [-0.25, -0.2) is 4.79 Å². The van der Waals surface area contributed by atoms with E-state index in [1.165, 1.54) is 0 Å². The molecule has 1 aromatic carbocycles. The fourth-order valence-electron chi connectivity index (χ4n) is 3.52. The minimum Gasteiger partial charge on any atom is -0.445 e. The van der Waals surface area contributed by atoms with Gasteiger partial charge in [0, 0.05) is 18.1 Å². The monoisotopic (exact) mass is 361 g/mol. The molecule has 1 fully saturated rings. The summed E-state index contributed by atoms with van der Waals surface area (Å²) in [5.74, 6) is -0.00122. The molecule has 1 saturated carbocycles. The first-order valence-corrected chi connectivity index (χ1v) is 9.43. The largest absolute Gasteiger partial charge is 0.445 e. The number of carbonyl (C=O) groups is 2. The van der Waals surface area contributed by atoms with Crippen LogP contribution in [0.2, 0.25) is 0 Å². The van der Waals surface area contributed by atoms with Crippen molar-refractivity contribution < 1.29 is 14.3 Å². The maximum atomic E-state index is 12.4. The fraction of sp³-hybridized carbons (Fsp3) is 0.600. The molecule has 1 aliphatic rings. The second-order valence-corrected chi connectivity index (χ2v) is 7.34. The predicted molar refractivity (Wildman–Crippen MR) is 101 cm³/mol. The third-order valence-electron chi connectivity index (χ3n) is 4.83. The Bertz CT molecular complexity index is 581. The van der Waals surface area contributed by atoms with Crippen LogP contribution in [0.25, 0.3) is 0 Å². The van der Waals surface area contributed by atoms with Gasteiger partial charge in [0.15, 0.2) is 0 Å². The summed E-state index contributed by atoms with van der Waals surface area (Å²) in [6.45, 7) is 6.04. The Morgan fingerprint density at radius 3 is 2.31 bits per heavy atom. The molecule has 1 atom stereocenters. The highest BCUT2D eigenvalue weighted by molar-refractivity contribution is 5.81. The van der Waals surface area contributed by atoms with E-state index in [0.717, 1.165) is 31.2 Å². The van der Waals surface area contributed by atoms with Gasteiger partial charge in [-0.1, -0.05) is 30.3 Å². The molecule has 144 valence electrons. The van der Waals surface area contributed by atoms with E-state index >= 15 is 0 Å². The average Bonchev–Trinajstić information content (AvgIpc) is 2.62. The fourth-order valence-corrected chi connectivity index (χ4v) is 3.52. The highest BCUT2D eigenvalue weighted by atomic mass is 16.5. The van der Waals surface area contributed by atoms with Gasteiger partial charge in [0.1, 0.15) is 6.61 Å². The minimum absolute atomic E-state index is 0.00122. The number of amides is 2. The SMILES string of the molecule is CC(N)C(=O)N(C(C)C)C1CCC(NC(=O)OCc2ccccc2)CC1. The van der Waals surface area contributed by atoms with Gasteiger partial charge in [-0.05, 0) is 52.0 Å². The second-order valence-electron chi connectivity index (χ2n) is 7.34. The van der Waals surface area contributed by atoms with E-state index < -0.39 is 6.04 Å². The quantitative estimate of drug-likeness (QED) is 0.816. The summed E-state index contributed by atoms with van der Waals surface area (Å²) in [6.07, 6.45) is 3.01. The summed E-state index contributed by atoms with van der Waals surface area (Å²) in [5, 5.41) is 2.94. The maximum Gasteiger partial charge on any atom is 0.407 e. The third kappa shape index (κ3) is 5.73. The molecule has 0 aromatic heterocycles. The zero-order chi connectivity index (χ0) is 19.1. The number of ether oxygens (including phenoxy) is 1. The average molecular weight is 361 g/mol. The lowest BCUT2D eigenvalue weighted by Crippen LogP contribution is -2.53. The van der Waals surface area contributed by atoms with Crippen molar-refractivity contribution in [2.24, 2.45) is 5.73 Å². The standard InChI is InChI=1S/C20H31N3O3/c1-14(2)23(19(24)15(3)21)18-11-9-17(10-12-18)22-20(25)26-13-16-7-5-4-6-8-16/h4-8,14-15,17-18H,9-13,21H2,1-3H3,(H,22,25). The van der Waals surface area contributed by atoms with E-state index in [-0.39, 0.29) is 36.7 Å². The Kier molecular flexibility index (Phi) is 7.45. The lowest BCUT2D eigenvalue weighted by molar-refractivity contribution is -0.137. The molecule has 0 heterocycles. The molecular formula is C20H31N3O3. The number of rotatable bonds is 6. The number of nitrogens with two attached hydrogens (primary N) is 1. The molecule has 0 radical (unpaired) electrons. The third-order valence-corrected chi connectivity index (χ3v) is 4.83. The van der Waals surface area contributed by atoms with Gasteiger partial charge >= 0.3 is 6.09 Å². The van der Waals surface area contributed by atoms with Crippen LogP contribution in [0.4, 0.5) is 4.79 Å². The van der Waals surface area contributed by atoms with Crippen LogP contribution in [0.1, 0.15) is 52.0 Å². The van der Waals surface area contributed by atoms with Crippen LogP contribution in [-0.4, -0.2) is 41.1 Å². The van der Waals surface area contributed by atoms with E-state index in [1.54, 1.807) is 6.92 Å². The van der Waals surface area contributed by atoms with Crippen LogP contribution >= 0.6 is 0 Å². The highest BCUT2D eigenvalue weighted by Gasteiger charge is 2.32. The summed E-state index contributed by atoms with van der Waals surface area (Å²) < 4.78 is 5.28.